The summed E-state index contributed by atoms with van der Waals surface area (Å²) in [6.45, 7) is 2.70. The van der Waals surface area contributed by atoms with Crippen LogP contribution >= 0.6 is 11.6 Å². The summed E-state index contributed by atoms with van der Waals surface area (Å²) in [4.78, 5) is 0. The largest absolute Gasteiger partial charge is 0.416 e. The van der Waals surface area contributed by atoms with Gasteiger partial charge in [0.2, 0.25) is 0 Å². The second kappa shape index (κ2) is 6.06. The van der Waals surface area contributed by atoms with Crippen LogP contribution in [0.1, 0.15) is 16.7 Å². The van der Waals surface area contributed by atoms with Gasteiger partial charge in [0.25, 0.3) is 0 Å². The van der Waals surface area contributed by atoms with Crippen LogP contribution in [0.25, 0.3) is 16.9 Å². The van der Waals surface area contributed by atoms with Gasteiger partial charge in [-0.1, -0.05) is 35.9 Å². The zero-order valence-corrected chi connectivity index (χ0v) is 14.6. The van der Waals surface area contributed by atoms with Gasteiger partial charge in [-0.15, -0.1) is 0 Å². The van der Waals surface area contributed by atoms with Crippen LogP contribution in [0.3, 0.4) is 0 Å². The molecular formula is C19H15ClF3N3. The number of aryl methyl sites for hydroxylation is 1. The summed E-state index contributed by atoms with van der Waals surface area (Å²) < 4.78 is 40.9. The van der Waals surface area contributed by atoms with E-state index in [1.165, 1.54) is 10.7 Å². The van der Waals surface area contributed by atoms with Gasteiger partial charge >= 0.3 is 6.18 Å². The van der Waals surface area contributed by atoms with E-state index in [0.29, 0.717) is 12.4 Å². The summed E-state index contributed by atoms with van der Waals surface area (Å²) in [5, 5.41) is 8.06. The van der Waals surface area contributed by atoms with Crippen molar-refractivity contribution in [2.45, 2.75) is 19.5 Å². The van der Waals surface area contributed by atoms with E-state index in [1.54, 1.807) is 0 Å². The van der Waals surface area contributed by atoms with Crippen LogP contribution in [-0.2, 0) is 12.6 Å². The lowest BCUT2D eigenvalue weighted by Gasteiger charge is -2.12. The van der Waals surface area contributed by atoms with Crippen molar-refractivity contribution in [3.8, 4) is 16.9 Å². The topological polar surface area (TPSA) is 29.9 Å². The summed E-state index contributed by atoms with van der Waals surface area (Å²) in [5.74, 6) is 0.699. The van der Waals surface area contributed by atoms with Crippen LogP contribution < -0.4 is 5.32 Å². The molecule has 2 aromatic carbocycles. The van der Waals surface area contributed by atoms with Crippen molar-refractivity contribution in [2.75, 3.05) is 11.9 Å². The lowest BCUT2D eigenvalue weighted by atomic mass is 10.0. The standard InChI is InChI=1S/C19H15ClF3N3/c1-11-4-2-3-5-13(11)17-14-8-9-24-18(14)26(25-17)16-10-12(19(21,22)23)6-7-15(16)20/h2-7,10,24H,8-9H2,1H3. The maximum absolute atomic E-state index is 13.1. The number of halogens is 4. The highest BCUT2D eigenvalue weighted by Gasteiger charge is 2.32. The first-order valence-electron chi connectivity index (χ1n) is 8.15. The highest BCUT2D eigenvalue weighted by molar-refractivity contribution is 6.32. The van der Waals surface area contributed by atoms with Crippen LogP contribution in [0, 0.1) is 6.92 Å². The Hall–Kier alpha value is -2.47. The third kappa shape index (κ3) is 2.74. The summed E-state index contributed by atoms with van der Waals surface area (Å²) in [6, 6.07) is 11.1. The fraction of sp³-hybridized carbons (Fsp3) is 0.211. The molecule has 2 heterocycles. The van der Waals surface area contributed by atoms with Gasteiger partial charge in [0.15, 0.2) is 0 Å². The second-order valence-corrected chi connectivity index (χ2v) is 6.65. The fourth-order valence-corrected chi connectivity index (χ4v) is 3.45. The first kappa shape index (κ1) is 17.0. The molecule has 0 amide bonds. The molecule has 1 N–H and O–H groups in total. The van der Waals surface area contributed by atoms with E-state index >= 15 is 0 Å². The first-order valence-corrected chi connectivity index (χ1v) is 8.53. The van der Waals surface area contributed by atoms with Crippen molar-refractivity contribution in [3.05, 3.63) is 64.2 Å². The molecule has 1 aromatic heterocycles. The third-order valence-electron chi connectivity index (χ3n) is 4.55. The van der Waals surface area contributed by atoms with E-state index < -0.39 is 11.7 Å². The molecule has 1 aliphatic rings. The lowest BCUT2D eigenvalue weighted by Crippen LogP contribution is -2.09. The van der Waals surface area contributed by atoms with Gasteiger partial charge in [-0.3, -0.25) is 0 Å². The van der Waals surface area contributed by atoms with Gasteiger partial charge in [-0.2, -0.15) is 18.3 Å². The highest BCUT2D eigenvalue weighted by Crippen LogP contribution is 2.39. The maximum Gasteiger partial charge on any atom is 0.416 e. The molecule has 1 aliphatic heterocycles. The molecule has 3 nitrogen and oxygen atoms in total. The molecule has 134 valence electrons. The number of nitrogens with zero attached hydrogens (tertiary/aromatic N) is 2. The molecule has 0 fully saturated rings. The average Bonchev–Trinajstić information content (AvgIpc) is 3.18. The Balaban J connectivity index is 1.93. The number of rotatable bonds is 2. The zero-order chi connectivity index (χ0) is 18.5. The number of hydrogen-bond acceptors (Lipinski definition) is 2. The van der Waals surface area contributed by atoms with Crippen LogP contribution in [0.4, 0.5) is 19.0 Å². The number of fused-ring (bicyclic) bond motifs is 1. The minimum Gasteiger partial charge on any atom is -0.369 e. The van der Waals surface area contributed by atoms with Crippen LogP contribution in [0.15, 0.2) is 42.5 Å². The molecule has 3 aromatic rings. The van der Waals surface area contributed by atoms with Crippen molar-refractivity contribution < 1.29 is 13.2 Å². The van der Waals surface area contributed by atoms with Gasteiger partial charge in [0.05, 0.1) is 22.0 Å². The Morgan fingerprint density at radius 3 is 2.65 bits per heavy atom. The van der Waals surface area contributed by atoms with E-state index in [1.807, 2.05) is 31.2 Å². The van der Waals surface area contributed by atoms with Gasteiger partial charge < -0.3 is 5.32 Å². The van der Waals surface area contributed by atoms with Crippen molar-refractivity contribution in [1.29, 1.82) is 0 Å². The normalized spacial score (nSPS) is 13.6. The number of hydrogen-bond donors (Lipinski definition) is 1. The monoisotopic (exact) mass is 377 g/mol. The molecule has 0 bridgehead atoms. The van der Waals surface area contributed by atoms with Gasteiger partial charge in [-0.05, 0) is 37.1 Å². The molecule has 0 saturated carbocycles. The molecule has 0 spiro atoms. The van der Waals surface area contributed by atoms with Crippen molar-refractivity contribution in [2.24, 2.45) is 0 Å². The first-order chi connectivity index (χ1) is 12.4. The van der Waals surface area contributed by atoms with Gasteiger partial charge in [0, 0.05) is 17.7 Å². The fourth-order valence-electron chi connectivity index (χ4n) is 3.26. The molecule has 0 aliphatic carbocycles. The Morgan fingerprint density at radius 1 is 1.15 bits per heavy atom. The smallest absolute Gasteiger partial charge is 0.369 e. The maximum atomic E-state index is 13.1. The quantitative estimate of drug-likeness (QED) is 0.640. The molecular weight excluding hydrogens is 363 g/mol. The summed E-state index contributed by atoms with van der Waals surface area (Å²) in [5.41, 5.74) is 3.25. The van der Waals surface area contributed by atoms with Crippen molar-refractivity contribution >= 4 is 17.4 Å². The SMILES string of the molecule is Cc1ccccc1-c1nn(-c2cc(C(F)(F)F)ccc2Cl)c2c1CCN2. The molecule has 0 radical (unpaired) electrons. The number of aromatic nitrogens is 2. The summed E-state index contributed by atoms with van der Waals surface area (Å²) >= 11 is 6.21. The number of benzene rings is 2. The number of nitrogens with one attached hydrogen (secondary N) is 1. The lowest BCUT2D eigenvalue weighted by molar-refractivity contribution is -0.137. The van der Waals surface area contributed by atoms with Gasteiger partial charge in [-0.25, -0.2) is 4.68 Å². The number of alkyl halides is 3. The molecule has 7 heteroatoms. The van der Waals surface area contributed by atoms with Crippen molar-refractivity contribution in [3.63, 3.8) is 0 Å². The van der Waals surface area contributed by atoms with Crippen LogP contribution in [0.2, 0.25) is 5.02 Å². The van der Waals surface area contributed by atoms with E-state index in [-0.39, 0.29) is 10.7 Å². The average molecular weight is 378 g/mol. The predicted octanol–water partition coefficient (Wildman–Crippen LogP) is 5.49. The second-order valence-electron chi connectivity index (χ2n) is 6.24. The molecule has 4 rings (SSSR count). The van der Waals surface area contributed by atoms with E-state index in [4.69, 9.17) is 11.6 Å². The number of anilines is 1. The minimum absolute atomic E-state index is 0.215. The highest BCUT2D eigenvalue weighted by atomic mass is 35.5. The van der Waals surface area contributed by atoms with E-state index in [2.05, 4.69) is 10.4 Å². The Morgan fingerprint density at radius 2 is 1.92 bits per heavy atom. The summed E-state index contributed by atoms with van der Waals surface area (Å²) in [6.07, 6.45) is -3.68. The Bertz CT molecular complexity index is 992. The van der Waals surface area contributed by atoms with Crippen LogP contribution in [0.5, 0.6) is 0 Å². The molecule has 0 saturated heterocycles. The molecule has 0 unspecified atom stereocenters. The van der Waals surface area contributed by atoms with Crippen molar-refractivity contribution in [1.82, 2.24) is 9.78 Å². The van der Waals surface area contributed by atoms with E-state index in [9.17, 15) is 13.2 Å². The van der Waals surface area contributed by atoms with Gasteiger partial charge in [0.1, 0.15) is 5.82 Å². The minimum atomic E-state index is -4.44. The van der Waals surface area contributed by atoms with Crippen LogP contribution in [-0.4, -0.2) is 16.3 Å². The third-order valence-corrected chi connectivity index (χ3v) is 4.87. The zero-order valence-electron chi connectivity index (χ0n) is 13.9. The Kier molecular flexibility index (Phi) is 3.95. The van der Waals surface area contributed by atoms with E-state index in [0.717, 1.165) is 40.9 Å². The molecule has 26 heavy (non-hydrogen) atoms. The summed E-state index contributed by atoms with van der Waals surface area (Å²) in [7, 11) is 0. The predicted molar refractivity (Wildman–Crippen MR) is 95.9 cm³/mol. The molecule has 0 atom stereocenters. The Labute approximate surface area is 153 Å².